The summed E-state index contributed by atoms with van der Waals surface area (Å²) in [5.41, 5.74) is 0.699. The van der Waals surface area contributed by atoms with Gasteiger partial charge >= 0.3 is 0 Å². The zero-order valence-corrected chi connectivity index (χ0v) is 22.8. The van der Waals surface area contributed by atoms with Crippen molar-refractivity contribution >= 4 is 59.4 Å². The molecule has 0 bridgehead atoms. The number of piperidine rings is 1. The second-order valence-corrected chi connectivity index (χ2v) is 10.00. The topological polar surface area (TPSA) is 84.8 Å². The number of benzene rings is 2. The van der Waals surface area contributed by atoms with E-state index in [0.717, 1.165) is 32.2 Å². The van der Waals surface area contributed by atoms with E-state index in [4.69, 9.17) is 11.6 Å². The van der Waals surface area contributed by atoms with Gasteiger partial charge in [-0.15, -0.1) is 0 Å². The van der Waals surface area contributed by atoms with Crippen molar-refractivity contribution in [1.29, 1.82) is 0 Å². The number of halogens is 3. The smallest absolute Gasteiger partial charge is 0.239 e. The van der Waals surface area contributed by atoms with E-state index in [1.807, 2.05) is 21.7 Å². The summed E-state index contributed by atoms with van der Waals surface area (Å²) in [6, 6.07) is 8.30. The van der Waals surface area contributed by atoms with Crippen molar-refractivity contribution in [2.45, 2.75) is 37.8 Å². The van der Waals surface area contributed by atoms with Crippen LogP contribution < -0.4 is 10.2 Å². The van der Waals surface area contributed by atoms with Crippen molar-refractivity contribution in [3.8, 4) is 0 Å². The molecule has 2 fully saturated rings. The Morgan fingerprint density at radius 2 is 1.89 bits per heavy atom. The molecule has 1 atom stereocenters. The molecule has 2 aliphatic rings. The fraction of sp³-hybridized carbons (Fsp3) is 0.423. The summed E-state index contributed by atoms with van der Waals surface area (Å²) in [6.45, 7) is 1.87. The van der Waals surface area contributed by atoms with Crippen LogP contribution in [0.5, 0.6) is 0 Å². The first-order chi connectivity index (χ1) is 17.8. The second-order valence-electron chi connectivity index (χ2n) is 9.56. The van der Waals surface area contributed by atoms with Gasteiger partial charge in [0.15, 0.2) is 0 Å². The Hall–Kier alpha value is -2.73. The molecular formula is C26H31ClF2N6O2S. The molecule has 3 heterocycles. The van der Waals surface area contributed by atoms with E-state index >= 15 is 0 Å². The molecule has 2 aromatic carbocycles. The molecule has 8 nitrogen and oxygen atoms in total. The summed E-state index contributed by atoms with van der Waals surface area (Å²) in [5.74, 6) is -0.205. The number of amides is 1. The first kappa shape index (κ1) is 28.3. The lowest BCUT2D eigenvalue weighted by atomic mass is 10.0. The van der Waals surface area contributed by atoms with Crippen LogP contribution in [0.1, 0.15) is 25.7 Å². The number of likely N-dealkylation sites (tertiary alicyclic amines) is 1. The summed E-state index contributed by atoms with van der Waals surface area (Å²) in [4.78, 5) is 28.0. The van der Waals surface area contributed by atoms with Crippen LogP contribution in [-0.4, -0.2) is 76.3 Å². The van der Waals surface area contributed by atoms with Gasteiger partial charge in [-0.05, 0) is 62.1 Å². The molecule has 2 saturated heterocycles. The molecule has 3 aromatic rings. The fourth-order valence-electron chi connectivity index (χ4n) is 5.19. The van der Waals surface area contributed by atoms with Gasteiger partial charge in [-0.1, -0.05) is 11.6 Å². The lowest BCUT2D eigenvalue weighted by molar-refractivity contribution is -0.138. The van der Waals surface area contributed by atoms with Crippen molar-refractivity contribution in [2.75, 3.05) is 43.6 Å². The standard InChI is InChI=1S/C26H29ClF2N6O2.H2S/c1-33(25(37)23-3-2-10-35(23)15-36)18-8-11-34(12-9-18)26-31-21-7-5-17(28)14-19(21)24(32-26)30-22-6-4-16(27)13-20(22)29;/h4-7,13-14,18,23,36H,2-3,8-12,15H2,1H3,(H,30,31,32);1H2. The molecule has 1 aromatic heterocycles. The molecule has 204 valence electrons. The molecule has 1 unspecified atom stereocenters. The SMILES string of the molecule is CN(C(=O)C1CCCN1CO)C1CCN(c2nc(Nc3ccc(Cl)cc3F)c3cc(F)ccc3n2)CC1.S. The van der Waals surface area contributed by atoms with Crippen molar-refractivity contribution in [3.63, 3.8) is 0 Å². The molecule has 0 radical (unpaired) electrons. The molecule has 2 N–H and O–H groups in total. The fourth-order valence-corrected chi connectivity index (χ4v) is 5.35. The maximum atomic E-state index is 14.5. The quantitative estimate of drug-likeness (QED) is 0.463. The van der Waals surface area contributed by atoms with E-state index in [2.05, 4.69) is 15.3 Å². The molecule has 2 aliphatic heterocycles. The Bertz CT molecular complexity index is 1310. The molecule has 38 heavy (non-hydrogen) atoms. The number of hydrogen-bond donors (Lipinski definition) is 2. The van der Waals surface area contributed by atoms with Crippen LogP contribution in [0.2, 0.25) is 5.02 Å². The predicted octanol–water partition coefficient (Wildman–Crippen LogP) is 4.26. The van der Waals surface area contributed by atoms with E-state index in [-0.39, 0.29) is 48.9 Å². The van der Waals surface area contributed by atoms with Crippen LogP contribution in [0.3, 0.4) is 0 Å². The van der Waals surface area contributed by atoms with E-state index in [9.17, 15) is 18.7 Å². The monoisotopic (exact) mass is 564 g/mol. The minimum absolute atomic E-state index is 0. The molecule has 0 spiro atoms. The zero-order chi connectivity index (χ0) is 26.1. The number of aliphatic hydroxyl groups is 1. The molecule has 5 rings (SSSR count). The highest BCUT2D eigenvalue weighted by atomic mass is 35.5. The number of aliphatic hydroxyl groups excluding tert-OH is 1. The number of nitrogens with one attached hydrogen (secondary N) is 1. The van der Waals surface area contributed by atoms with Crippen LogP contribution in [0.4, 0.5) is 26.2 Å². The number of aromatic nitrogens is 2. The van der Waals surface area contributed by atoms with Gasteiger partial charge in [-0.3, -0.25) is 9.69 Å². The summed E-state index contributed by atoms with van der Waals surface area (Å²) in [7, 11) is 1.83. The lowest BCUT2D eigenvalue weighted by Gasteiger charge is -2.38. The summed E-state index contributed by atoms with van der Waals surface area (Å²) in [5, 5.41) is 13.2. The van der Waals surface area contributed by atoms with Crippen LogP contribution >= 0.6 is 25.1 Å². The number of rotatable bonds is 6. The number of likely N-dealkylation sites (N-methyl/N-ethyl adjacent to an activating group) is 1. The van der Waals surface area contributed by atoms with Gasteiger partial charge in [0.1, 0.15) is 17.5 Å². The van der Waals surface area contributed by atoms with Gasteiger partial charge in [0.25, 0.3) is 0 Å². The van der Waals surface area contributed by atoms with Crippen molar-refractivity contribution < 1.29 is 18.7 Å². The average Bonchev–Trinajstić information content (AvgIpc) is 3.38. The lowest BCUT2D eigenvalue weighted by Crippen LogP contribution is -2.51. The second kappa shape index (κ2) is 12.0. The molecule has 1 amide bonds. The Kier molecular flexibility index (Phi) is 8.92. The van der Waals surface area contributed by atoms with Gasteiger partial charge in [-0.2, -0.15) is 18.5 Å². The number of anilines is 3. The Balaban J connectivity index is 0.00000336. The van der Waals surface area contributed by atoms with E-state index in [1.165, 1.54) is 24.3 Å². The van der Waals surface area contributed by atoms with E-state index < -0.39 is 11.6 Å². The highest BCUT2D eigenvalue weighted by molar-refractivity contribution is 7.59. The van der Waals surface area contributed by atoms with Crippen LogP contribution in [0.25, 0.3) is 10.9 Å². The minimum Gasteiger partial charge on any atom is -0.381 e. The zero-order valence-electron chi connectivity index (χ0n) is 21.0. The third-order valence-electron chi connectivity index (χ3n) is 7.30. The third-order valence-corrected chi connectivity index (χ3v) is 7.54. The normalized spacial score (nSPS) is 18.4. The molecule has 0 saturated carbocycles. The summed E-state index contributed by atoms with van der Waals surface area (Å²) < 4.78 is 28.5. The van der Waals surface area contributed by atoms with Gasteiger partial charge in [-0.25, -0.2) is 13.8 Å². The van der Waals surface area contributed by atoms with Crippen LogP contribution in [0.15, 0.2) is 36.4 Å². The highest BCUT2D eigenvalue weighted by Crippen LogP contribution is 2.31. The Morgan fingerprint density at radius 3 is 2.61 bits per heavy atom. The van der Waals surface area contributed by atoms with Crippen LogP contribution in [0, 0.1) is 11.6 Å². The Labute approximate surface area is 232 Å². The highest BCUT2D eigenvalue weighted by Gasteiger charge is 2.35. The van der Waals surface area contributed by atoms with Gasteiger partial charge < -0.3 is 20.2 Å². The van der Waals surface area contributed by atoms with Crippen LogP contribution in [-0.2, 0) is 4.79 Å². The van der Waals surface area contributed by atoms with Crippen molar-refractivity contribution in [3.05, 3.63) is 53.1 Å². The first-order valence-corrected chi connectivity index (χ1v) is 12.8. The van der Waals surface area contributed by atoms with Gasteiger partial charge in [0.2, 0.25) is 11.9 Å². The summed E-state index contributed by atoms with van der Waals surface area (Å²) in [6.07, 6.45) is 3.13. The maximum absolute atomic E-state index is 14.5. The van der Waals surface area contributed by atoms with E-state index in [0.29, 0.717) is 35.8 Å². The number of carbonyl (C=O) groups is 1. The Morgan fingerprint density at radius 1 is 1.13 bits per heavy atom. The number of nitrogens with zero attached hydrogens (tertiary/aromatic N) is 5. The molecular weight excluding hydrogens is 534 g/mol. The third kappa shape index (κ3) is 5.80. The van der Waals surface area contributed by atoms with Crippen molar-refractivity contribution in [1.82, 2.24) is 19.8 Å². The van der Waals surface area contributed by atoms with Gasteiger partial charge in [0.05, 0.1) is 24.0 Å². The number of hydrogen-bond acceptors (Lipinski definition) is 7. The van der Waals surface area contributed by atoms with Crippen molar-refractivity contribution in [2.24, 2.45) is 0 Å². The molecule has 0 aliphatic carbocycles. The van der Waals surface area contributed by atoms with Gasteiger partial charge in [0, 0.05) is 43.1 Å². The summed E-state index contributed by atoms with van der Waals surface area (Å²) >= 11 is 5.88. The maximum Gasteiger partial charge on any atom is 0.239 e. The molecule has 12 heteroatoms. The number of carbonyl (C=O) groups excluding carboxylic acids is 1. The number of fused-ring (bicyclic) bond motifs is 1. The first-order valence-electron chi connectivity index (χ1n) is 12.4. The largest absolute Gasteiger partial charge is 0.381 e. The van der Waals surface area contributed by atoms with E-state index in [1.54, 1.807) is 12.1 Å². The average molecular weight is 565 g/mol. The minimum atomic E-state index is -0.548. The predicted molar refractivity (Wildman–Crippen MR) is 149 cm³/mol.